The third-order valence-corrected chi connectivity index (χ3v) is 2.64. The quantitative estimate of drug-likeness (QED) is 0.742. The standard InChI is InChI=1S/C14H12N4/c1-10-4-5-11(9-16-10)17-14-7-6-12-13(18-14)3-2-8-15-12/h2-9H,1H3,(H,17,18). The lowest BCUT2D eigenvalue weighted by Crippen LogP contribution is -1.95. The number of rotatable bonds is 2. The highest BCUT2D eigenvalue weighted by atomic mass is 15.0. The fraction of sp³-hybridized carbons (Fsp3) is 0.0714. The minimum atomic E-state index is 0.793. The monoisotopic (exact) mass is 236 g/mol. The van der Waals surface area contributed by atoms with Gasteiger partial charge in [-0.25, -0.2) is 4.98 Å². The molecule has 4 heteroatoms. The Hall–Kier alpha value is -2.49. The van der Waals surface area contributed by atoms with Gasteiger partial charge in [0, 0.05) is 11.9 Å². The molecule has 3 heterocycles. The summed E-state index contributed by atoms with van der Waals surface area (Å²) < 4.78 is 0. The Balaban J connectivity index is 1.92. The number of hydrogen-bond donors (Lipinski definition) is 1. The minimum absolute atomic E-state index is 0.793. The molecule has 0 unspecified atom stereocenters. The zero-order valence-corrected chi connectivity index (χ0v) is 9.96. The molecule has 0 aromatic carbocycles. The molecule has 1 N–H and O–H groups in total. The van der Waals surface area contributed by atoms with Crippen LogP contribution in [0.25, 0.3) is 11.0 Å². The first-order valence-electron chi connectivity index (χ1n) is 5.73. The Bertz CT molecular complexity index is 677. The van der Waals surface area contributed by atoms with E-state index in [0.29, 0.717) is 0 Å². The lowest BCUT2D eigenvalue weighted by molar-refractivity contribution is 1.20. The van der Waals surface area contributed by atoms with Crippen molar-refractivity contribution in [3.05, 3.63) is 54.5 Å². The lowest BCUT2D eigenvalue weighted by Gasteiger charge is -2.06. The van der Waals surface area contributed by atoms with Crippen LogP contribution in [0.5, 0.6) is 0 Å². The molecule has 0 saturated heterocycles. The molecule has 0 amide bonds. The van der Waals surface area contributed by atoms with Crippen molar-refractivity contribution in [3.63, 3.8) is 0 Å². The molecule has 4 nitrogen and oxygen atoms in total. The number of aromatic nitrogens is 3. The van der Waals surface area contributed by atoms with Crippen molar-refractivity contribution in [2.24, 2.45) is 0 Å². The second-order valence-electron chi connectivity index (χ2n) is 4.05. The second kappa shape index (κ2) is 4.41. The highest BCUT2D eigenvalue weighted by Crippen LogP contribution is 2.16. The molecule has 0 bridgehead atoms. The summed E-state index contributed by atoms with van der Waals surface area (Å²) in [4.78, 5) is 13.0. The van der Waals surface area contributed by atoms with E-state index in [0.717, 1.165) is 28.2 Å². The smallest absolute Gasteiger partial charge is 0.131 e. The minimum Gasteiger partial charge on any atom is -0.339 e. The summed E-state index contributed by atoms with van der Waals surface area (Å²) in [5, 5.41) is 3.22. The van der Waals surface area contributed by atoms with Crippen LogP contribution in [0.4, 0.5) is 11.5 Å². The molecule has 0 aliphatic rings. The van der Waals surface area contributed by atoms with E-state index in [1.165, 1.54) is 0 Å². The summed E-state index contributed by atoms with van der Waals surface area (Å²) >= 11 is 0. The third kappa shape index (κ3) is 2.13. The largest absolute Gasteiger partial charge is 0.339 e. The summed E-state index contributed by atoms with van der Waals surface area (Å²) in [6.45, 7) is 1.96. The number of hydrogen-bond acceptors (Lipinski definition) is 4. The number of nitrogens with one attached hydrogen (secondary N) is 1. The maximum absolute atomic E-state index is 4.49. The van der Waals surface area contributed by atoms with Gasteiger partial charge in [0.25, 0.3) is 0 Å². The molecule has 0 aliphatic carbocycles. The van der Waals surface area contributed by atoms with Crippen molar-refractivity contribution in [2.45, 2.75) is 6.92 Å². The van der Waals surface area contributed by atoms with Gasteiger partial charge in [0.1, 0.15) is 5.82 Å². The first-order chi connectivity index (χ1) is 8.81. The highest BCUT2D eigenvalue weighted by Gasteiger charge is 1.99. The Morgan fingerprint density at radius 3 is 2.72 bits per heavy atom. The molecule has 3 aromatic heterocycles. The van der Waals surface area contributed by atoms with Gasteiger partial charge in [-0.3, -0.25) is 9.97 Å². The first kappa shape index (κ1) is 10.7. The van der Waals surface area contributed by atoms with Gasteiger partial charge in [-0.15, -0.1) is 0 Å². The van der Waals surface area contributed by atoms with Gasteiger partial charge in [-0.05, 0) is 43.3 Å². The molecular formula is C14H12N4. The van der Waals surface area contributed by atoms with E-state index in [4.69, 9.17) is 0 Å². The van der Waals surface area contributed by atoms with Crippen LogP contribution in [0.2, 0.25) is 0 Å². The molecule has 88 valence electrons. The number of anilines is 2. The molecule has 0 aliphatic heterocycles. The van der Waals surface area contributed by atoms with Gasteiger partial charge < -0.3 is 5.32 Å². The zero-order valence-electron chi connectivity index (χ0n) is 9.96. The van der Waals surface area contributed by atoms with E-state index in [2.05, 4.69) is 20.3 Å². The second-order valence-corrected chi connectivity index (χ2v) is 4.05. The van der Waals surface area contributed by atoms with Crippen molar-refractivity contribution in [2.75, 3.05) is 5.32 Å². The Kier molecular flexibility index (Phi) is 2.61. The molecule has 0 spiro atoms. The van der Waals surface area contributed by atoms with Gasteiger partial charge >= 0.3 is 0 Å². The van der Waals surface area contributed by atoms with Crippen LogP contribution in [0.15, 0.2) is 48.8 Å². The molecule has 0 fully saturated rings. The van der Waals surface area contributed by atoms with Crippen molar-refractivity contribution in [3.8, 4) is 0 Å². The summed E-state index contributed by atoms with van der Waals surface area (Å²) in [6, 6.07) is 11.6. The molecule has 3 aromatic rings. The maximum atomic E-state index is 4.49. The Labute approximate surface area is 105 Å². The summed E-state index contributed by atoms with van der Waals surface area (Å²) in [5.74, 6) is 0.793. The van der Waals surface area contributed by atoms with E-state index in [1.54, 1.807) is 12.4 Å². The van der Waals surface area contributed by atoms with E-state index in [-0.39, 0.29) is 0 Å². The van der Waals surface area contributed by atoms with E-state index in [9.17, 15) is 0 Å². The number of nitrogens with zero attached hydrogens (tertiary/aromatic N) is 3. The Morgan fingerprint density at radius 1 is 0.944 bits per heavy atom. The van der Waals surface area contributed by atoms with Crippen LogP contribution in [0.1, 0.15) is 5.69 Å². The molecule has 18 heavy (non-hydrogen) atoms. The fourth-order valence-electron chi connectivity index (χ4n) is 1.72. The fourth-order valence-corrected chi connectivity index (χ4v) is 1.72. The summed E-state index contributed by atoms with van der Waals surface area (Å²) in [5.41, 5.74) is 3.69. The molecule has 3 rings (SSSR count). The molecular weight excluding hydrogens is 224 g/mol. The highest BCUT2D eigenvalue weighted by molar-refractivity contribution is 5.76. The molecule has 0 saturated carbocycles. The van der Waals surface area contributed by atoms with Crippen LogP contribution in [0, 0.1) is 6.92 Å². The van der Waals surface area contributed by atoms with Crippen LogP contribution in [-0.2, 0) is 0 Å². The average molecular weight is 236 g/mol. The van der Waals surface area contributed by atoms with Crippen LogP contribution in [-0.4, -0.2) is 15.0 Å². The van der Waals surface area contributed by atoms with Crippen molar-refractivity contribution >= 4 is 22.5 Å². The third-order valence-electron chi connectivity index (χ3n) is 2.64. The SMILES string of the molecule is Cc1ccc(Nc2ccc3ncccc3n2)cn1. The van der Waals surface area contributed by atoms with Gasteiger partial charge in [0.15, 0.2) is 0 Å². The molecule has 0 atom stereocenters. The molecule has 0 radical (unpaired) electrons. The van der Waals surface area contributed by atoms with Gasteiger partial charge in [0.05, 0.1) is 22.9 Å². The van der Waals surface area contributed by atoms with Gasteiger partial charge in [-0.2, -0.15) is 0 Å². The Morgan fingerprint density at radius 2 is 1.89 bits per heavy atom. The van der Waals surface area contributed by atoms with E-state index in [1.807, 2.05) is 43.3 Å². The maximum Gasteiger partial charge on any atom is 0.131 e. The average Bonchev–Trinajstić information content (AvgIpc) is 2.41. The van der Waals surface area contributed by atoms with Crippen molar-refractivity contribution < 1.29 is 0 Å². The normalized spacial score (nSPS) is 10.5. The van der Waals surface area contributed by atoms with Crippen LogP contribution < -0.4 is 5.32 Å². The van der Waals surface area contributed by atoms with Crippen LogP contribution >= 0.6 is 0 Å². The van der Waals surface area contributed by atoms with Crippen molar-refractivity contribution in [1.82, 2.24) is 15.0 Å². The predicted molar refractivity (Wildman–Crippen MR) is 71.8 cm³/mol. The van der Waals surface area contributed by atoms with Crippen molar-refractivity contribution in [1.29, 1.82) is 0 Å². The van der Waals surface area contributed by atoms with Gasteiger partial charge in [0.2, 0.25) is 0 Å². The predicted octanol–water partition coefficient (Wildman–Crippen LogP) is 3.08. The topological polar surface area (TPSA) is 50.7 Å². The van der Waals surface area contributed by atoms with Crippen LogP contribution in [0.3, 0.4) is 0 Å². The zero-order chi connectivity index (χ0) is 12.4. The number of pyridine rings is 3. The van der Waals surface area contributed by atoms with Gasteiger partial charge in [-0.1, -0.05) is 0 Å². The van der Waals surface area contributed by atoms with E-state index < -0.39 is 0 Å². The number of fused-ring (bicyclic) bond motifs is 1. The lowest BCUT2D eigenvalue weighted by atomic mass is 10.3. The summed E-state index contributed by atoms with van der Waals surface area (Å²) in [7, 11) is 0. The number of aryl methyl sites for hydroxylation is 1. The first-order valence-corrected chi connectivity index (χ1v) is 5.73. The summed E-state index contributed by atoms with van der Waals surface area (Å²) in [6.07, 6.45) is 3.56. The van der Waals surface area contributed by atoms with E-state index >= 15 is 0 Å².